The Morgan fingerprint density at radius 1 is 1.47 bits per heavy atom. The molecule has 0 bridgehead atoms. The lowest BCUT2D eigenvalue weighted by Gasteiger charge is -2.12. The van der Waals surface area contributed by atoms with Crippen molar-refractivity contribution in [1.29, 1.82) is 0 Å². The van der Waals surface area contributed by atoms with Crippen LogP contribution >= 0.6 is 11.6 Å². The third-order valence-corrected chi connectivity index (χ3v) is 4.12. The van der Waals surface area contributed by atoms with Crippen LogP contribution in [0.25, 0.3) is 11.1 Å². The zero-order valence-corrected chi connectivity index (χ0v) is 11.3. The van der Waals surface area contributed by atoms with Gasteiger partial charge >= 0.3 is 0 Å². The van der Waals surface area contributed by atoms with Gasteiger partial charge in [0.25, 0.3) is 0 Å². The van der Waals surface area contributed by atoms with Crippen LogP contribution < -0.4 is 5.73 Å². The summed E-state index contributed by atoms with van der Waals surface area (Å²) in [5.41, 5.74) is 7.87. The Hall–Kier alpha value is -1.55. The highest BCUT2D eigenvalue weighted by atomic mass is 35.5. The van der Waals surface area contributed by atoms with Gasteiger partial charge < -0.3 is 5.73 Å². The smallest absolute Gasteiger partial charge is 0.153 e. The largest absolute Gasteiger partial charge is 0.382 e. The lowest BCUT2D eigenvalue weighted by Crippen LogP contribution is -2.00. The van der Waals surface area contributed by atoms with Gasteiger partial charge in [-0.25, -0.2) is 4.39 Å². The van der Waals surface area contributed by atoms with Gasteiger partial charge in [0, 0.05) is 22.7 Å². The predicted octanol–water partition coefficient (Wildman–Crippen LogP) is 3.96. The molecule has 1 aliphatic rings. The molecule has 0 spiro atoms. The molecular formula is C14H15ClFN3. The second-order valence-corrected chi connectivity index (χ2v) is 5.53. The number of nitrogen functional groups attached to an aromatic ring is 1. The van der Waals surface area contributed by atoms with E-state index in [9.17, 15) is 4.39 Å². The van der Waals surface area contributed by atoms with E-state index in [-0.39, 0.29) is 5.02 Å². The molecule has 1 unspecified atom stereocenters. The molecule has 0 amide bonds. The molecule has 100 valence electrons. The first-order valence-corrected chi connectivity index (χ1v) is 6.75. The number of hydrogen-bond acceptors (Lipinski definition) is 2. The van der Waals surface area contributed by atoms with E-state index in [0.29, 0.717) is 28.8 Å². The van der Waals surface area contributed by atoms with E-state index in [0.717, 1.165) is 5.69 Å². The number of aromatic amines is 1. The van der Waals surface area contributed by atoms with Crippen LogP contribution in [0.1, 0.15) is 31.4 Å². The van der Waals surface area contributed by atoms with Crippen molar-refractivity contribution in [3.05, 3.63) is 34.7 Å². The number of benzene rings is 1. The van der Waals surface area contributed by atoms with Crippen LogP contribution in [-0.4, -0.2) is 10.2 Å². The molecule has 3 nitrogen and oxygen atoms in total. The molecule has 1 saturated carbocycles. The van der Waals surface area contributed by atoms with Crippen molar-refractivity contribution < 1.29 is 4.39 Å². The summed E-state index contributed by atoms with van der Waals surface area (Å²) in [5, 5.41) is 7.09. The van der Waals surface area contributed by atoms with Crippen LogP contribution in [0.2, 0.25) is 5.02 Å². The van der Waals surface area contributed by atoms with E-state index in [1.54, 1.807) is 12.1 Å². The van der Waals surface area contributed by atoms with E-state index in [2.05, 4.69) is 17.1 Å². The maximum Gasteiger partial charge on any atom is 0.153 e. The number of nitrogens with one attached hydrogen (secondary N) is 1. The summed E-state index contributed by atoms with van der Waals surface area (Å²) in [6.07, 6.45) is 2.41. The molecule has 0 aliphatic heterocycles. The molecule has 1 heterocycles. The summed E-state index contributed by atoms with van der Waals surface area (Å²) < 4.78 is 14.2. The molecule has 3 rings (SSSR count). The summed E-state index contributed by atoms with van der Waals surface area (Å²) in [6, 6.07) is 4.94. The fraction of sp³-hybridized carbons (Fsp3) is 0.357. The van der Waals surface area contributed by atoms with Gasteiger partial charge in [0.05, 0.1) is 5.02 Å². The monoisotopic (exact) mass is 279 g/mol. The molecule has 0 radical (unpaired) electrons. The van der Waals surface area contributed by atoms with Crippen LogP contribution in [0.4, 0.5) is 10.2 Å². The number of rotatable bonds is 3. The highest BCUT2D eigenvalue weighted by Crippen LogP contribution is 2.45. The van der Waals surface area contributed by atoms with Gasteiger partial charge in [-0.05, 0) is 24.8 Å². The maximum atomic E-state index is 14.2. The van der Waals surface area contributed by atoms with Gasteiger partial charge in [-0.2, -0.15) is 5.10 Å². The lowest BCUT2D eigenvalue weighted by atomic mass is 9.94. The Kier molecular flexibility index (Phi) is 2.97. The summed E-state index contributed by atoms with van der Waals surface area (Å²) >= 11 is 5.84. The first-order chi connectivity index (χ1) is 9.09. The van der Waals surface area contributed by atoms with Gasteiger partial charge in [0.15, 0.2) is 5.82 Å². The Bertz CT molecular complexity index is 619. The Balaban J connectivity index is 2.13. The summed E-state index contributed by atoms with van der Waals surface area (Å²) in [7, 11) is 0. The number of nitrogens with two attached hydrogens (primary N) is 1. The van der Waals surface area contributed by atoms with E-state index in [4.69, 9.17) is 17.3 Å². The summed E-state index contributed by atoms with van der Waals surface area (Å²) in [6.45, 7) is 2.12. The number of halogens is 2. The van der Waals surface area contributed by atoms with E-state index < -0.39 is 5.82 Å². The van der Waals surface area contributed by atoms with Crippen LogP contribution in [0, 0.1) is 11.7 Å². The van der Waals surface area contributed by atoms with Gasteiger partial charge in [0.1, 0.15) is 5.82 Å². The number of nitrogens with zero attached hydrogens (tertiary/aromatic N) is 1. The molecule has 3 N–H and O–H groups in total. The molecular weight excluding hydrogens is 265 g/mol. The summed E-state index contributed by atoms with van der Waals surface area (Å²) in [4.78, 5) is 0. The first kappa shape index (κ1) is 12.5. The average molecular weight is 280 g/mol. The molecule has 0 saturated heterocycles. The fourth-order valence-corrected chi connectivity index (χ4v) is 2.69. The predicted molar refractivity (Wildman–Crippen MR) is 74.5 cm³/mol. The van der Waals surface area contributed by atoms with E-state index in [1.807, 2.05) is 0 Å². The normalized spacial score (nSPS) is 16.6. The Morgan fingerprint density at radius 2 is 2.21 bits per heavy atom. The maximum absolute atomic E-state index is 14.2. The molecule has 1 aromatic heterocycles. The highest BCUT2D eigenvalue weighted by molar-refractivity contribution is 6.31. The van der Waals surface area contributed by atoms with Crippen molar-refractivity contribution in [3.63, 3.8) is 0 Å². The van der Waals surface area contributed by atoms with Crippen molar-refractivity contribution in [2.75, 3.05) is 5.73 Å². The first-order valence-electron chi connectivity index (χ1n) is 6.37. The minimum absolute atomic E-state index is 0.100. The second kappa shape index (κ2) is 4.53. The van der Waals surface area contributed by atoms with Crippen molar-refractivity contribution in [2.24, 2.45) is 5.92 Å². The number of H-pyrrole nitrogens is 1. The molecule has 5 heteroatoms. The third-order valence-electron chi connectivity index (χ3n) is 3.83. The molecule has 1 aromatic carbocycles. The topological polar surface area (TPSA) is 54.7 Å². The average Bonchev–Trinajstić information content (AvgIpc) is 3.16. The SMILES string of the molecule is CC(c1[nH]nc(N)c1-c1cccc(Cl)c1F)C1CC1. The third kappa shape index (κ3) is 2.10. The minimum Gasteiger partial charge on any atom is -0.382 e. The van der Waals surface area contributed by atoms with Gasteiger partial charge in [-0.3, -0.25) is 5.10 Å². The van der Waals surface area contributed by atoms with Crippen molar-refractivity contribution in [3.8, 4) is 11.1 Å². The second-order valence-electron chi connectivity index (χ2n) is 5.13. The zero-order chi connectivity index (χ0) is 13.6. The zero-order valence-electron chi connectivity index (χ0n) is 10.6. The number of aromatic nitrogens is 2. The quantitative estimate of drug-likeness (QED) is 0.893. The van der Waals surface area contributed by atoms with Crippen molar-refractivity contribution in [2.45, 2.75) is 25.7 Å². The van der Waals surface area contributed by atoms with Gasteiger partial charge in [0.2, 0.25) is 0 Å². The minimum atomic E-state index is -0.443. The molecule has 1 aliphatic carbocycles. The standard InChI is InChI=1S/C14H15ClFN3/c1-7(8-5-6-8)13-11(14(17)19-18-13)9-3-2-4-10(15)12(9)16/h2-4,7-8H,5-6H2,1H3,(H3,17,18,19). The van der Waals surface area contributed by atoms with Crippen molar-refractivity contribution in [1.82, 2.24) is 10.2 Å². The van der Waals surface area contributed by atoms with Crippen molar-refractivity contribution >= 4 is 17.4 Å². The van der Waals surface area contributed by atoms with Gasteiger partial charge in [-0.1, -0.05) is 30.7 Å². The van der Waals surface area contributed by atoms with Crippen LogP contribution in [-0.2, 0) is 0 Å². The molecule has 1 atom stereocenters. The van der Waals surface area contributed by atoms with Crippen LogP contribution in [0.15, 0.2) is 18.2 Å². The summed E-state index contributed by atoms with van der Waals surface area (Å²) in [5.74, 6) is 0.823. The van der Waals surface area contributed by atoms with Crippen LogP contribution in [0.5, 0.6) is 0 Å². The number of hydrogen-bond donors (Lipinski definition) is 2. The number of anilines is 1. The Labute approximate surface area is 116 Å². The highest BCUT2D eigenvalue weighted by Gasteiger charge is 2.33. The molecule has 19 heavy (non-hydrogen) atoms. The molecule has 1 fully saturated rings. The molecule has 2 aromatic rings. The Morgan fingerprint density at radius 3 is 2.89 bits per heavy atom. The van der Waals surface area contributed by atoms with E-state index in [1.165, 1.54) is 18.9 Å². The fourth-order valence-electron chi connectivity index (χ4n) is 2.51. The van der Waals surface area contributed by atoms with Crippen LogP contribution in [0.3, 0.4) is 0 Å². The lowest BCUT2D eigenvalue weighted by molar-refractivity contribution is 0.627. The van der Waals surface area contributed by atoms with Gasteiger partial charge in [-0.15, -0.1) is 0 Å². The van der Waals surface area contributed by atoms with E-state index >= 15 is 0 Å².